The first-order valence-electron chi connectivity index (χ1n) is 4.11. The van der Waals surface area contributed by atoms with E-state index >= 15 is 0 Å². The Balaban J connectivity index is 4.65. The number of hydrogen-bond acceptors (Lipinski definition) is 7. The van der Waals surface area contributed by atoms with Gasteiger partial charge in [0.1, 0.15) is 0 Å². The molecule has 0 aromatic heterocycles. The maximum Gasteiger partial charge on any atom is 0.264 e. The molecule has 0 aliphatic heterocycles. The molecule has 0 amide bonds. The molecule has 0 rings (SSSR count). The molecule has 0 atom stereocenters. The van der Waals surface area contributed by atoms with Crippen LogP contribution in [0, 0.1) is 0 Å². The van der Waals surface area contributed by atoms with E-state index in [0.717, 1.165) is 18.8 Å². The van der Waals surface area contributed by atoms with Gasteiger partial charge in [0.05, 0.1) is 31.9 Å². The van der Waals surface area contributed by atoms with Crippen LogP contribution in [0.2, 0.25) is 0 Å². The van der Waals surface area contributed by atoms with Gasteiger partial charge >= 0.3 is 0 Å². The second kappa shape index (κ2) is 5.58. The molecule has 0 aliphatic carbocycles. The summed E-state index contributed by atoms with van der Waals surface area (Å²) in [5.41, 5.74) is 0. The molecule has 0 aromatic carbocycles. The molecule has 0 aliphatic rings. The van der Waals surface area contributed by atoms with Crippen molar-refractivity contribution in [3.63, 3.8) is 0 Å². The van der Waals surface area contributed by atoms with Crippen LogP contribution in [0.25, 0.3) is 0 Å². The second-order valence-electron chi connectivity index (χ2n) is 3.22. The molecule has 0 bridgehead atoms. The number of sulfonamides is 2. The van der Waals surface area contributed by atoms with Crippen molar-refractivity contribution < 1.29 is 29.4 Å². The molecule has 0 aromatic rings. The molecule has 0 spiro atoms. The summed E-state index contributed by atoms with van der Waals surface area (Å²) in [5.74, 6) is 0. The lowest BCUT2D eigenvalue weighted by atomic mass is 10.7. The fourth-order valence-corrected chi connectivity index (χ4v) is 2.93. The molecule has 9 nitrogen and oxygen atoms in total. The Bertz CT molecular complexity index is 546. The molecule has 0 fully saturated rings. The summed E-state index contributed by atoms with van der Waals surface area (Å²) in [6.07, 6.45) is 2.33. The molecular weight excluding hydrogens is 296 g/mol. The Morgan fingerprint density at radius 3 is 1.76 bits per heavy atom. The van der Waals surface area contributed by atoms with Crippen LogP contribution in [0.5, 0.6) is 0 Å². The molecule has 0 radical (unpaired) electrons. The van der Waals surface area contributed by atoms with E-state index in [4.69, 9.17) is 0 Å². The topological polar surface area (TPSA) is 127 Å². The van der Waals surface area contributed by atoms with Crippen LogP contribution in [0.1, 0.15) is 0 Å². The van der Waals surface area contributed by atoms with Crippen molar-refractivity contribution in [3.05, 3.63) is 0 Å². The average Bonchev–Trinajstić information content (AvgIpc) is 1.95. The van der Waals surface area contributed by atoms with Crippen molar-refractivity contribution in [2.75, 3.05) is 31.9 Å². The Morgan fingerprint density at radius 1 is 1.00 bits per heavy atom. The van der Waals surface area contributed by atoms with E-state index < -0.39 is 43.3 Å². The minimum absolute atomic E-state index is 0.382. The first-order chi connectivity index (χ1) is 7.31. The largest absolute Gasteiger partial charge is 0.269 e. The fourth-order valence-electron chi connectivity index (χ4n) is 0.736. The number of rotatable bonds is 7. The third-order valence-electron chi connectivity index (χ3n) is 1.26. The van der Waals surface area contributed by atoms with E-state index in [2.05, 4.69) is 4.18 Å². The Labute approximate surface area is 101 Å². The van der Waals surface area contributed by atoms with Gasteiger partial charge < -0.3 is 0 Å². The zero-order valence-corrected chi connectivity index (χ0v) is 11.9. The van der Waals surface area contributed by atoms with E-state index in [0.29, 0.717) is 4.41 Å². The van der Waals surface area contributed by atoms with Crippen molar-refractivity contribution >= 4 is 30.2 Å². The monoisotopic (exact) mass is 310 g/mol. The summed E-state index contributed by atoms with van der Waals surface area (Å²) >= 11 is 0. The van der Waals surface area contributed by atoms with Gasteiger partial charge in [0.2, 0.25) is 20.0 Å². The number of nitrogens with zero attached hydrogens (tertiary/aromatic N) is 1. The van der Waals surface area contributed by atoms with Gasteiger partial charge in [-0.3, -0.25) is 4.18 Å². The first-order valence-corrected chi connectivity index (χ1v) is 9.66. The van der Waals surface area contributed by atoms with Gasteiger partial charge in [-0.05, 0) is 0 Å². The van der Waals surface area contributed by atoms with Crippen LogP contribution in [-0.2, 0) is 34.3 Å². The number of hydrazine groups is 1. The van der Waals surface area contributed by atoms with E-state index in [1.165, 1.54) is 0 Å². The quantitative estimate of drug-likeness (QED) is 0.413. The Hall–Kier alpha value is -0.270. The molecule has 1 N–H and O–H groups in total. The second-order valence-corrected chi connectivity index (χ2v) is 8.50. The molecular formula is C5H14N2O7S3. The highest BCUT2D eigenvalue weighted by Crippen LogP contribution is 1.96. The van der Waals surface area contributed by atoms with Gasteiger partial charge in [0.15, 0.2) is 0 Å². The van der Waals surface area contributed by atoms with Gasteiger partial charge in [-0.15, -0.1) is 9.25 Å². The summed E-state index contributed by atoms with van der Waals surface area (Å²) in [5, 5.41) is 0. The zero-order valence-electron chi connectivity index (χ0n) is 9.44. The third kappa shape index (κ3) is 9.43. The SMILES string of the molecule is CS(=O)(=O)NN(CCOS(C)(=O)=O)S(C)(=O)=O. The fraction of sp³-hybridized carbons (Fsp3) is 1.00. The Morgan fingerprint density at radius 2 is 1.47 bits per heavy atom. The van der Waals surface area contributed by atoms with Crippen LogP contribution in [-0.4, -0.2) is 61.6 Å². The summed E-state index contributed by atoms with van der Waals surface area (Å²) in [6.45, 7) is -0.951. The minimum atomic E-state index is -3.85. The predicted molar refractivity (Wildman–Crippen MR) is 60.3 cm³/mol. The van der Waals surface area contributed by atoms with Crippen molar-refractivity contribution in [1.29, 1.82) is 0 Å². The van der Waals surface area contributed by atoms with Crippen LogP contribution >= 0.6 is 0 Å². The van der Waals surface area contributed by atoms with Crippen LogP contribution < -0.4 is 4.83 Å². The summed E-state index contributed by atoms with van der Waals surface area (Å²) in [7, 11) is -11.3. The van der Waals surface area contributed by atoms with E-state index in [1.807, 2.05) is 0 Å². The first kappa shape index (κ1) is 16.7. The Kier molecular flexibility index (Phi) is 5.49. The lowest BCUT2D eigenvalue weighted by Crippen LogP contribution is -2.46. The van der Waals surface area contributed by atoms with Crippen molar-refractivity contribution in [3.8, 4) is 0 Å². The standard InChI is InChI=1S/C5H14N2O7S3/c1-15(8,9)6-7(16(2,10)11)4-5-14-17(3,12)13/h6H,4-5H2,1-3H3. The average molecular weight is 310 g/mol. The van der Waals surface area contributed by atoms with Gasteiger partial charge in [0.25, 0.3) is 10.1 Å². The maximum atomic E-state index is 11.2. The molecule has 0 unspecified atom stereocenters. The summed E-state index contributed by atoms with van der Waals surface area (Å²) in [6, 6.07) is 0. The molecule has 0 heterocycles. The minimum Gasteiger partial charge on any atom is -0.269 e. The zero-order chi connectivity index (χ0) is 13.9. The van der Waals surface area contributed by atoms with Crippen molar-refractivity contribution in [2.45, 2.75) is 0 Å². The van der Waals surface area contributed by atoms with Crippen LogP contribution in [0.15, 0.2) is 0 Å². The van der Waals surface area contributed by atoms with Gasteiger partial charge in [-0.2, -0.15) is 8.42 Å². The number of hydrogen-bond donors (Lipinski definition) is 1. The predicted octanol–water partition coefficient (Wildman–Crippen LogP) is -2.31. The smallest absolute Gasteiger partial charge is 0.264 e. The molecule has 0 saturated heterocycles. The van der Waals surface area contributed by atoms with Crippen LogP contribution in [0.4, 0.5) is 0 Å². The summed E-state index contributed by atoms with van der Waals surface area (Å²) in [4.78, 5) is 1.73. The lowest BCUT2D eigenvalue weighted by Gasteiger charge is -2.18. The molecule has 104 valence electrons. The molecule has 17 heavy (non-hydrogen) atoms. The highest BCUT2D eigenvalue weighted by molar-refractivity contribution is 7.91. The lowest BCUT2D eigenvalue weighted by molar-refractivity contribution is 0.268. The maximum absolute atomic E-state index is 11.2. The van der Waals surface area contributed by atoms with Gasteiger partial charge in [0, 0.05) is 0 Å². The van der Waals surface area contributed by atoms with E-state index in [-0.39, 0.29) is 0 Å². The highest BCUT2D eigenvalue weighted by Gasteiger charge is 2.20. The summed E-state index contributed by atoms with van der Waals surface area (Å²) < 4.78 is 70.0. The highest BCUT2D eigenvalue weighted by atomic mass is 32.2. The van der Waals surface area contributed by atoms with E-state index in [1.54, 1.807) is 4.83 Å². The normalized spacial score (nSPS) is 14.1. The third-order valence-corrected chi connectivity index (χ3v) is 3.60. The number of nitrogens with one attached hydrogen (secondary N) is 1. The van der Waals surface area contributed by atoms with Crippen molar-refractivity contribution in [1.82, 2.24) is 9.25 Å². The van der Waals surface area contributed by atoms with E-state index in [9.17, 15) is 25.3 Å². The van der Waals surface area contributed by atoms with Gasteiger partial charge in [-0.1, -0.05) is 0 Å². The molecule has 0 saturated carbocycles. The van der Waals surface area contributed by atoms with Crippen LogP contribution in [0.3, 0.4) is 0 Å². The van der Waals surface area contributed by atoms with Crippen molar-refractivity contribution in [2.24, 2.45) is 0 Å². The molecule has 12 heteroatoms. The van der Waals surface area contributed by atoms with Gasteiger partial charge in [-0.25, -0.2) is 16.8 Å².